The van der Waals surface area contributed by atoms with Crippen LogP contribution < -0.4 is 10.6 Å². The van der Waals surface area contributed by atoms with Gasteiger partial charge in [-0.05, 0) is 37.8 Å². The van der Waals surface area contributed by atoms with E-state index in [1.54, 1.807) is 6.07 Å². The molecule has 0 aromatic carbocycles. The van der Waals surface area contributed by atoms with Crippen LogP contribution in [0, 0.1) is 5.92 Å². The maximum Gasteiger partial charge on any atom is 0.271 e. The topological polar surface area (TPSA) is 59.0 Å². The van der Waals surface area contributed by atoms with E-state index in [9.17, 15) is 4.79 Å². The molecule has 0 aliphatic carbocycles. The third-order valence-corrected chi connectivity index (χ3v) is 3.49. The third kappa shape index (κ3) is 4.80. The minimum absolute atomic E-state index is 0. The van der Waals surface area contributed by atoms with Gasteiger partial charge in [-0.1, -0.05) is 13.8 Å². The highest BCUT2D eigenvalue weighted by Crippen LogP contribution is 2.15. The number of piperidine rings is 1. The number of carbonyl (C=O) groups excluding carboxylic acids is 1. The molecule has 1 saturated heterocycles. The van der Waals surface area contributed by atoms with Gasteiger partial charge >= 0.3 is 0 Å². The predicted molar refractivity (Wildman–Crippen MR) is 82.4 cm³/mol. The largest absolute Gasteiger partial charge is 0.351 e. The Bertz CT molecular complexity index is 413. The van der Waals surface area contributed by atoms with Gasteiger partial charge in [-0.3, -0.25) is 9.48 Å². The summed E-state index contributed by atoms with van der Waals surface area (Å²) in [6.45, 7) is 7.04. The highest BCUT2D eigenvalue weighted by atomic mass is 35.5. The first-order valence-electron chi connectivity index (χ1n) is 7.21. The Morgan fingerprint density at radius 3 is 3.05 bits per heavy atom. The van der Waals surface area contributed by atoms with E-state index in [0.29, 0.717) is 24.2 Å². The molecule has 0 spiro atoms. The van der Waals surface area contributed by atoms with Crippen molar-refractivity contribution in [1.29, 1.82) is 0 Å². The van der Waals surface area contributed by atoms with Crippen LogP contribution in [-0.2, 0) is 0 Å². The Morgan fingerprint density at radius 1 is 1.60 bits per heavy atom. The van der Waals surface area contributed by atoms with Gasteiger partial charge in [0.15, 0.2) is 0 Å². The second-order valence-electron chi connectivity index (χ2n) is 5.62. The number of carbonyl (C=O) groups is 1. The first kappa shape index (κ1) is 17.0. The molecule has 2 rings (SSSR count). The van der Waals surface area contributed by atoms with E-state index in [2.05, 4.69) is 29.6 Å². The molecular weight excluding hydrogens is 276 g/mol. The minimum atomic E-state index is -0.0665. The third-order valence-electron chi connectivity index (χ3n) is 3.49. The molecule has 6 heteroatoms. The summed E-state index contributed by atoms with van der Waals surface area (Å²) >= 11 is 0. The smallest absolute Gasteiger partial charge is 0.271 e. The molecule has 1 aromatic heterocycles. The number of nitrogens with zero attached hydrogens (tertiary/aromatic N) is 2. The van der Waals surface area contributed by atoms with Crippen molar-refractivity contribution < 1.29 is 4.79 Å². The van der Waals surface area contributed by atoms with Gasteiger partial charge in [0.25, 0.3) is 5.91 Å². The Balaban J connectivity index is 0.00000200. The zero-order valence-corrected chi connectivity index (χ0v) is 13.1. The van der Waals surface area contributed by atoms with Crippen molar-refractivity contribution in [3.63, 3.8) is 0 Å². The Labute approximate surface area is 126 Å². The van der Waals surface area contributed by atoms with Gasteiger partial charge in [0.05, 0.1) is 6.04 Å². The first-order valence-corrected chi connectivity index (χ1v) is 7.21. The zero-order chi connectivity index (χ0) is 13.7. The first-order chi connectivity index (χ1) is 9.16. The quantitative estimate of drug-likeness (QED) is 0.874. The number of hydrogen-bond donors (Lipinski definition) is 2. The molecule has 0 radical (unpaired) electrons. The second kappa shape index (κ2) is 8.27. The van der Waals surface area contributed by atoms with Gasteiger partial charge in [-0.25, -0.2) is 0 Å². The van der Waals surface area contributed by atoms with Crippen LogP contribution >= 0.6 is 12.4 Å². The fourth-order valence-corrected chi connectivity index (χ4v) is 2.29. The van der Waals surface area contributed by atoms with Crippen molar-refractivity contribution in [1.82, 2.24) is 20.4 Å². The van der Waals surface area contributed by atoms with Gasteiger partial charge in [-0.2, -0.15) is 5.10 Å². The SMILES string of the molecule is CC(C)CCNC(=O)c1ccn(C2CCCNC2)n1.Cl. The maximum atomic E-state index is 11.9. The molecule has 2 N–H and O–H groups in total. The van der Waals surface area contributed by atoms with Crippen molar-refractivity contribution in [2.75, 3.05) is 19.6 Å². The number of halogens is 1. The summed E-state index contributed by atoms with van der Waals surface area (Å²) in [6, 6.07) is 2.19. The van der Waals surface area contributed by atoms with E-state index in [0.717, 1.165) is 25.9 Å². The Kier molecular flexibility index (Phi) is 7.02. The number of hydrogen-bond acceptors (Lipinski definition) is 3. The van der Waals surface area contributed by atoms with E-state index in [4.69, 9.17) is 0 Å². The molecule has 1 fully saturated rings. The molecule has 2 heterocycles. The van der Waals surface area contributed by atoms with Crippen LogP contribution in [0.15, 0.2) is 12.3 Å². The zero-order valence-electron chi connectivity index (χ0n) is 12.3. The van der Waals surface area contributed by atoms with Gasteiger partial charge in [-0.15, -0.1) is 12.4 Å². The average molecular weight is 301 g/mol. The van der Waals surface area contributed by atoms with E-state index < -0.39 is 0 Å². The van der Waals surface area contributed by atoms with Crippen LogP contribution in [0.1, 0.15) is 49.6 Å². The lowest BCUT2D eigenvalue weighted by molar-refractivity contribution is 0.0945. The molecule has 1 aliphatic rings. The molecule has 1 unspecified atom stereocenters. The second-order valence-corrected chi connectivity index (χ2v) is 5.62. The van der Waals surface area contributed by atoms with Crippen LogP contribution in [0.5, 0.6) is 0 Å². The highest BCUT2D eigenvalue weighted by Gasteiger charge is 2.17. The molecule has 1 amide bonds. The summed E-state index contributed by atoms with van der Waals surface area (Å²) in [4.78, 5) is 11.9. The average Bonchev–Trinajstić information content (AvgIpc) is 2.89. The minimum Gasteiger partial charge on any atom is -0.351 e. The van der Waals surface area contributed by atoms with Crippen molar-refractivity contribution in [2.24, 2.45) is 5.92 Å². The van der Waals surface area contributed by atoms with Gasteiger partial charge in [0.2, 0.25) is 0 Å². The van der Waals surface area contributed by atoms with Gasteiger partial charge in [0, 0.05) is 19.3 Å². The Morgan fingerprint density at radius 2 is 2.40 bits per heavy atom. The van der Waals surface area contributed by atoms with Gasteiger partial charge in [0.1, 0.15) is 5.69 Å². The summed E-state index contributed by atoms with van der Waals surface area (Å²) in [5, 5.41) is 10.7. The normalized spacial score (nSPS) is 18.6. The number of nitrogens with one attached hydrogen (secondary N) is 2. The van der Waals surface area contributed by atoms with Crippen molar-refractivity contribution in [2.45, 2.75) is 39.2 Å². The maximum absolute atomic E-state index is 11.9. The van der Waals surface area contributed by atoms with Crippen LogP contribution in [0.25, 0.3) is 0 Å². The van der Waals surface area contributed by atoms with Crippen molar-refractivity contribution >= 4 is 18.3 Å². The standard InChI is InChI=1S/C14H24N4O.ClH/c1-11(2)5-8-16-14(19)13-6-9-18(17-13)12-4-3-7-15-10-12;/h6,9,11-12,15H,3-5,7-8,10H2,1-2H3,(H,16,19);1H. The number of aromatic nitrogens is 2. The lowest BCUT2D eigenvalue weighted by Gasteiger charge is -2.22. The summed E-state index contributed by atoms with van der Waals surface area (Å²) in [6.07, 6.45) is 5.21. The summed E-state index contributed by atoms with van der Waals surface area (Å²) in [5.74, 6) is 0.536. The van der Waals surface area contributed by atoms with Crippen molar-refractivity contribution in [3.05, 3.63) is 18.0 Å². The lowest BCUT2D eigenvalue weighted by Crippen LogP contribution is -2.32. The lowest BCUT2D eigenvalue weighted by atomic mass is 10.1. The molecule has 1 atom stereocenters. The Hall–Kier alpha value is -1.07. The molecule has 1 aliphatic heterocycles. The molecule has 20 heavy (non-hydrogen) atoms. The molecule has 5 nitrogen and oxygen atoms in total. The van der Waals surface area contributed by atoms with E-state index >= 15 is 0 Å². The molecule has 0 bridgehead atoms. The van der Waals surface area contributed by atoms with Crippen LogP contribution in [0.2, 0.25) is 0 Å². The fraction of sp³-hybridized carbons (Fsp3) is 0.714. The number of rotatable bonds is 5. The monoisotopic (exact) mass is 300 g/mol. The summed E-state index contributed by atoms with van der Waals surface area (Å²) in [7, 11) is 0. The van der Waals surface area contributed by atoms with E-state index in [1.807, 2.05) is 10.9 Å². The van der Waals surface area contributed by atoms with Crippen LogP contribution in [0.4, 0.5) is 0 Å². The van der Waals surface area contributed by atoms with Crippen LogP contribution in [-0.4, -0.2) is 35.3 Å². The highest BCUT2D eigenvalue weighted by molar-refractivity contribution is 5.92. The molecule has 1 aromatic rings. The van der Waals surface area contributed by atoms with E-state index in [1.165, 1.54) is 6.42 Å². The predicted octanol–water partition coefficient (Wildman–Crippen LogP) is 2.01. The number of amides is 1. The van der Waals surface area contributed by atoms with Gasteiger partial charge < -0.3 is 10.6 Å². The van der Waals surface area contributed by atoms with E-state index in [-0.39, 0.29) is 18.3 Å². The summed E-state index contributed by atoms with van der Waals surface area (Å²) < 4.78 is 1.92. The summed E-state index contributed by atoms with van der Waals surface area (Å²) in [5.41, 5.74) is 0.523. The fourth-order valence-electron chi connectivity index (χ4n) is 2.29. The van der Waals surface area contributed by atoms with Crippen LogP contribution in [0.3, 0.4) is 0 Å². The molecule has 114 valence electrons. The molecular formula is C14H25ClN4O. The molecule has 0 saturated carbocycles. The van der Waals surface area contributed by atoms with Crippen molar-refractivity contribution in [3.8, 4) is 0 Å².